The molecule has 0 spiro atoms. The van der Waals surface area contributed by atoms with Crippen molar-refractivity contribution in [2.45, 2.75) is 19.4 Å². The molecule has 0 saturated heterocycles. The monoisotopic (exact) mass is 270 g/mol. The molecule has 3 nitrogen and oxygen atoms in total. The molecule has 0 fully saturated rings. The molecule has 3 heteroatoms. The lowest BCUT2D eigenvalue weighted by atomic mass is 10.0. The second-order valence-electron chi connectivity index (χ2n) is 4.83. The van der Waals surface area contributed by atoms with Crippen LogP contribution in [-0.4, -0.2) is 14.2 Å². The van der Waals surface area contributed by atoms with E-state index in [1.807, 2.05) is 30.3 Å². The summed E-state index contributed by atoms with van der Waals surface area (Å²) in [4.78, 5) is 2.15. The number of hydrogen-bond acceptors (Lipinski definition) is 3. The summed E-state index contributed by atoms with van der Waals surface area (Å²) >= 11 is 0. The number of methoxy groups -OCH3 is 1. The quantitative estimate of drug-likeness (QED) is 0.896. The predicted octanol–water partition coefficient (Wildman–Crippen LogP) is 3.87. The van der Waals surface area contributed by atoms with Crippen LogP contribution in [0.3, 0.4) is 0 Å². The van der Waals surface area contributed by atoms with E-state index in [1.54, 1.807) is 7.11 Å². The number of para-hydroxylation sites is 1. The third kappa shape index (κ3) is 2.94. The molecule has 0 amide bonds. The van der Waals surface area contributed by atoms with Crippen molar-refractivity contribution in [2.24, 2.45) is 5.73 Å². The van der Waals surface area contributed by atoms with E-state index in [1.165, 1.54) is 5.56 Å². The number of benzene rings is 2. The Morgan fingerprint density at radius 2 is 1.90 bits per heavy atom. The molecular formula is C17H22N2O. The Morgan fingerprint density at radius 1 is 1.15 bits per heavy atom. The van der Waals surface area contributed by atoms with Crippen molar-refractivity contribution in [3.63, 3.8) is 0 Å². The summed E-state index contributed by atoms with van der Waals surface area (Å²) in [5, 5.41) is 0. The fourth-order valence-electron chi connectivity index (χ4n) is 2.28. The molecule has 0 radical (unpaired) electrons. The van der Waals surface area contributed by atoms with Gasteiger partial charge >= 0.3 is 0 Å². The summed E-state index contributed by atoms with van der Waals surface area (Å²) in [5.41, 5.74) is 9.60. The Labute approximate surface area is 121 Å². The van der Waals surface area contributed by atoms with Crippen molar-refractivity contribution >= 4 is 11.4 Å². The van der Waals surface area contributed by atoms with E-state index in [4.69, 9.17) is 10.5 Å². The van der Waals surface area contributed by atoms with Gasteiger partial charge in [0, 0.05) is 30.5 Å². The number of nitrogens with zero attached hydrogens (tertiary/aromatic N) is 1. The van der Waals surface area contributed by atoms with E-state index in [0.717, 1.165) is 23.5 Å². The molecule has 0 unspecified atom stereocenters. The van der Waals surface area contributed by atoms with Crippen LogP contribution in [0.5, 0.6) is 5.75 Å². The lowest BCUT2D eigenvalue weighted by Crippen LogP contribution is -2.16. The molecule has 1 atom stereocenters. The van der Waals surface area contributed by atoms with Crippen LogP contribution in [0.15, 0.2) is 48.5 Å². The lowest BCUT2D eigenvalue weighted by molar-refractivity contribution is 0.415. The maximum absolute atomic E-state index is 6.22. The number of ether oxygens (including phenoxy) is 1. The van der Waals surface area contributed by atoms with E-state index >= 15 is 0 Å². The Balaban J connectivity index is 2.40. The first-order valence-corrected chi connectivity index (χ1v) is 6.89. The van der Waals surface area contributed by atoms with Crippen molar-refractivity contribution in [3.8, 4) is 5.75 Å². The van der Waals surface area contributed by atoms with E-state index in [2.05, 4.69) is 37.1 Å². The molecular weight excluding hydrogens is 248 g/mol. The Hall–Kier alpha value is -2.00. The zero-order valence-electron chi connectivity index (χ0n) is 12.3. The Morgan fingerprint density at radius 3 is 2.60 bits per heavy atom. The van der Waals surface area contributed by atoms with Crippen LogP contribution in [-0.2, 0) is 0 Å². The van der Waals surface area contributed by atoms with Crippen LogP contribution in [0.1, 0.15) is 24.9 Å². The van der Waals surface area contributed by atoms with Crippen LogP contribution in [0, 0.1) is 0 Å². The van der Waals surface area contributed by atoms with Gasteiger partial charge in [-0.05, 0) is 30.2 Å². The van der Waals surface area contributed by atoms with Gasteiger partial charge in [0.05, 0.1) is 7.11 Å². The van der Waals surface area contributed by atoms with Gasteiger partial charge < -0.3 is 15.4 Å². The summed E-state index contributed by atoms with van der Waals surface area (Å²) in [6, 6.07) is 16.4. The van der Waals surface area contributed by atoms with Crippen LogP contribution in [0.2, 0.25) is 0 Å². The third-order valence-electron chi connectivity index (χ3n) is 3.58. The van der Waals surface area contributed by atoms with E-state index in [9.17, 15) is 0 Å². The zero-order valence-corrected chi connectivity index (χ0v) is 12.3. The number of nitrogens with two attached hydrogens (primary N) is 1. The van der Waals surface area contributed by atoms with Gasteiger partial charge in [0.15, 0.2) is 0 Å². The molecule has 2 aromatic rings. The average molecular weight is 270 g/mol. The molecule has 2 rings (SSSR count). The number of rotatable bonds is 5. The fraction of sp³-hybridized carbons (Fsp3) is 0.294. The summed E-state index contributed by atoms with van der Waals surface area (Å²) in [6.45, 7) is 2.10. The molecule has 106 valence electrons. The molecule has 0 aliphatic carbocycles. The molecule has 0 heterocycles. The van der Waals surface area contributed by atoms with Gasteiger partial charge in [0.25, 0.3) is 0 Å². The number of hydrogen-bond donors (Lipinski definition) is 1. The van der Waals surface area contributed by atoms with Crippen molar-refractivity contribution in [1.82, 2.24) is 0 Å². The van der Waals surface area contributed by atoms with Gasteiger partial charge in [0.2, 0.25) is 0 Å². The largest absolute Gasteiger partial charge is 0.497 e. The summed E-state index contributed by atoms with van der Waals surface area (Å²) in [6.07, 6.45) is 0.920. The van der Waals surface area contributed by atoms with Crippen molar-refractivity contribution < 1.29 is 4.74 Å². The first-order valence-electron chi connectivity index (χ1n) is 6.89. The third-order valence-corrected chi connectivity index (χ3v) is 3.58. The van der Waals surface area contributed by atoms with Crippen molar-refractivity contribution in [2.75, 3.05) is 19.1 Å². The molecule has 20 heavy (non-hydrogen) atoms. The SMILES string of the molecule is CC[C@@H](N)c1ccccc1N(C)c1cccc(OC)c1. The minimum Gasteiger partial charge on any atom is -0.497 e. The lowest BCUT2D eigenvalue weighted by Gasteiger charge is -2.25. The highest BCUT2D eigenvalue weighted by Crippen LogP contribution is 2.32. The molecule has 0 aromatic heterocycles. The van der Waals surface area contributed by atoms with Crippen LogP contribution in [0.4, 0.5) is 11.4 Å². The maximum Gasteiger partial charge on any atom is 0.120 e. The normalized spacial score (nSPS) is 12.0. The minimum atomic E-state index is 0.0549. The van der Waals surface area contributed by atoms with Crippen LogP contribution in [0.25, 0.3) is 0 Å². The highest BCUT2D eigenvalue weighted by atomic mass is 16.5. The molecule has 2 aromatic carbocycles. The van der Waals surface area contributed by atoms with Gasteiger partial charge in [-0.2, -0.15) is 0 Å². The van der Waals surface area contributed by atoms with E-state index in [0.29, 0.717) is 0 Å². The van der Waals surface area contributed by atoms with Crippen LogP contribution >= 0.6 is 0 Å². The maximum atomic E-state index is 6.22. The topological polar surface area (TPSA) is 38.5 Å². The minimum absolute atomic E-state index is 0.0549. The first-order chi connectivity index (χ1) is 9.67. The van der Waals surface area contributed by atoms with Gasteiger partial charge in [-0.15, -0.1) is 0 Å². The zero-order chi connectivity index (χ0) is 14.5. The van der Waals surface area contributed by atoms with Gasteiger partial charge in [-0.25, -0.2) is 0 Å². The van der Waals surface area contributed by atoms with Crippen molar-refractivity contribution in [1.29, 1.82) is 0 Å². The molecule has 0 aliphatic heterocycles. The molecule has 0 aliphatic rings. The standard InChI is InChI=1S/C17H22N2O/c1-4-16(18)15-10-5-6-11-17(15)19(2)13-8-7-9-14(12-13)20-3/h5-12,16H,4,18H2,1-3H3/t16-/m1/s1. The summed E-state index contributed by atoms with van der Waals surface area (Å²) in [7, 11) is 3.73. The van der Waals surface area contributed by atoms with Crippen LogP contribution < -0.4 is 15.4 Å². The van der Waals surface area contributed by atoms with E-state index < -0.39 is 0 Å². The summed E-state index contributed by atoms with van der Waals surface area (Å²) < 4.78 is 5.29. The smallest absolute Gasteiger partial charge is 0.120 e. The van der Waals surface area contributed by atoms with E-state index in [-0.39, 0.29) is 6.04 Å². The highest BCUT2D eigenvalue weighted by Gasteiger charge is 2.13. The predicted molar refractivity (Wildman–Crippen MR) is 84.7 cm³/mol. The van der Waals surface area contributed by atoms with Crippen molar-refractivity contribution in [3.05, 3.63) is 54.1 Å². The first kappa shape index (κ1) is 14.4. The van der Waals surface area contributed by atoms with Gasteiger partial charge in [-0.1, -0.05) is 31.2 Å². The van der Waals surface area contributed by atoms with Gasteiger partial charge in [0.1, 0.15) is 5.75 Å². The second kappa shape index (κ2) is 6.44. The Bertz CT molecular complexity index is 568. The molecule has 2 N–H and O–H groups in total. The highest BCUT2D eigenvalue weighted by molar-refractivity contribution is 5.67. The fourth-order valence-corrected chi connectivity index (χ4v) is 2.28. The molecule has 0 bridgehead atoms. The second-order valence-corrected chi connectivity index (χ2v) is 4.83. The molecule has 0 saturated carbocycles. The summed E-state index contributed by atoms with van der Waals surface area (Å²) in [5.74, 6) is 0.853. The average Bonchev–Trinajstić information content (AvgIpc) is 2.53. The van der Waals surface area contributed by atoms with Gasteiger partial charge in [-0.3, -0.25) is 0 Å². The number of anilines is 2. The Kier molecular flexibility index (Phi) is 4.64.